The topological polar surface area (TPSA) is 38.0 Å². The van der Waals surface area contributed by atoms with Crippen molar-refractivity contribution in [2.75, 3.05) is 6.61 Å². The van der Waals surface area contributed by atoms with Crippen molar-refractivity contribution in [1.82, 2.24) is 4.57 Å². The maximum Gasteiger partial charge on any atom is 0.416 e. The molecule has 0 saturated carbocycles. The fraction of sp³-hybridized carbons (Fsp3) is 0.267. The summed E-state index contributed by atoms with van der Waals surface area (Å²) in [5, 5.41) is 9.36. The highest BCUT2D eigenvalue weighted by molar-refractivity contribution is 6.44. The number of benzene rings is 1. The summed E-state index contributed by atoms with van der Waals surface area (Å²) >= 11 is 12.2. The van der Waals surface area contributed by atoms with Crippen molar-refractivity contribution in [1.29, 1.82) is 5.26 Å². The summed E-state index contributed by atoms with van der Waals surface area (Å²) in [6.45, 7) is 2.18. The molecule has 2 rings (SSSR count). The molecule has 0 N–H and O–H groups in total. The molecule has 23 heavy (non-hydrogen) atoms. The van der Waals surface area contributed by atoms with E-state index in [0.717, 1.165) is 12.1 Å². The van der Waals surface area contributed by atoms with Gasteiger partial charge in [0.2, 0.25) is 0 Å². The van der Waals surface area contributed by atoms with Gasteiger partial charge in [0.15, 0.2) is 0 Å². The van der Waals surface area contributed by atoms with Crippen molar-refractivity contribution in [3.05, 3.63) is 45.6 Å². The number of nitriles is 1. The first-order chi connectivity index (χ1) is 10.8. The molecule has 0 unspecified atom stereocenters. The standard InChI is InChI=1S/C15H11Cl2F3N2O/c1-2-23-8-22-11(7-21)12(16)13(17)14(22)9-3-5-10(6-4-9)15(18,19)20/h3-6H,2,8H2,1H3. The molecule has 2 aromatic rings. The van der Waals surface area contributed by atoms with E-state index >= 15 is 0 Å². The highest BCUT2D eigenvalue weighted by Gasteiger charge is 2.30. The van der Waals surface area contributed by atoms with Crippen LogP contribution in [0.1, 0.15) is 18.2 Å². The predicted octanol–water partition coefficient (Wildman–Crippen LogP) is 5.35. The smallest absolute Gasteiger partial charge is 0.361 e. The van der Waals surface area contributed by atoms with Crippen LogP contribution in [-0.4, -0.2) is 11.2 Å². The second-order valence-corrected chi connectivity index (χ2v) is 5.32. The van der Waals surface area contributed by atoms with Crippen LogP contribution >= 0.6 is 23.2 Å². The minimum absolute atomic E-state index is 0.0161. The molecule has 0 aliphatic heterocycles. The first-order valence-corrected chi connectivity index (χ1v) is 7.29. The summed E-state index contributed by atoms with van der Waals surface area (Å²) in [4.78, 5) is 0. The van der Waals surface area contributed by atoms with Crippen molar-refractivity contribution >= 4 is 23.2 Å². The maximum atomic E-state index is 12.7. The number of hydrogen-bond acceptors (Lipinski definition) is 2. The number of alkyl halides is 3. The summed E-state index contributed by atoms with van der Waals surface area (Å²) in [6, 6.07) is 6.39. The van der Waals surface area contributed by atoms with Crippen molar-refractivity contribution in [3.8, 4) is 17.3 Å². The predicted molar refractivity (Wildman–Crippen MR) is 81.2 cm³/mol. The van der Waals surface area contributed by atoms with Gasteiger partial charge in [-0.3, -0.25) is 0 Å². The molecule has 8 heteroatoms. The van der Waals surface area contributed by atoms with E-state index in [1.165, 1.54) is 16.7 Å². The van der Waals surface area contributed by atoms with Gasteiger partial charge in [-0.2, -0.15) is 18.4 Å². The summed E-state index contributed by atoms with van der Waals surface area (Å²) in [6.07, 6.45) is -4.43. The van der Waals surface area contributed by atoms with E-state index in [4.69, 9.17) is 27.9 Å². The number of ether oxygens (including phenoxy) is 1. The van der Waals surface area contributed by atoms with Crippen LogP contribution in [0, 0.1) is 11.3 Å². The second-order valence-electron chi connectivity index (χ2n) is 4.56. The Morgan fingerprint density at radius 2 is 1.78 bits per heavy atom. The van der Waals surface area contributed by atoms with Crippen LogP contribution in [0.4, 0.5) is 13.2 Å². The molecule has 122 valence electrons. The van der Waals surface area contributed by atoms with E-state index in [9.17, 15) is 18.4 Å². The average Bonchev–Trinajstić information content (AvgIpc) is 2.75. The fourth-order valence-corrected chi connectivity index (χ4v) is 2.61. The van der Waals surface area contributed by atoms with Crippen LogP contribution in [0.5, 0.6) is 0 Å². The fourth-order valence-electron chi connectivity index (χ4n) is 2.08. The van der Waals surface area contributed by atoms with Gasteiger partial charge in [0.05, 0.1) is 21.3 Å². The molecule has 1 aromatic carbocycles. The van der Waals surface area contributed by atoms with Gasteiger partial charge in [-0.25, -0.2) is 0 Å². The highest BCUT2D eigenvalue weighted by atomic mass is 35.5. The quantitative estimate of drug-likeness (QED) is 0.735. The van der Waals surface area contributed by atoms with Gasteiger partial charge in [0.25, 0.3) is 0 Å². The van der Waals surface area contributed by atoms with Crippen LogP contribution in [-0.2, 0) is 17.6 Å². The number of halogens is 5. The van der Waals surface area contributed by atoms with Crippen LogP contribution in [0.15, 0.2) is 24.3 Å². The lowest BCUT2D eigenvalue weighted by atomic mass is 10.1. The van der Waals surface area contributed by atoms with E-state index in [0.29, 0.717) is 17.9 Å². The zero-order valence-electron chi connectivity index (χ0n) is 11.9. The molecule has 0 aliphatic rings. The van der Waals surface area contributed by atoms with Gasteiger partial charge < -0.3 is 9.30 Å². The van der Waals surface area contributed by atoms with Gasteiger partial charge in [0, 0.05) is 6.61 Å². The molecule has 0 radical (unpaired) electrons. The van der Waals surface area contributed by atoms with Crippen molar-refractivity contribution in [3.63, 3.8) is 0 Å². The minimum atomic E-state index is -4.43. The number of hydrogen-bond donors (Lipinski definition) is 0. The Morgan fingerprint density at radius 3 is 2.26 bits per heavy atom. The molecule has 1 heterocycles. The van der Waals surface area contributed by atoms with E-state index < -0.39 is 11.7 Å². The Morgan fingerprint density at radius 1 is 1.17 bits per heavy atom. The molecule has 0 fully saturated rings. The van der Waals surface area contributed by atoms with Gasteiger partial charge >= 0.3 is 6.18 Å². The molecular weight excluding hydrogens is 352 g/mol. The summed E-state index contributed by atoms with van der Waals surface area (Å²) < 4.78 is 44.7. The number of nitrogens with zero attached hydrogens (tertiary/aromatic N) is 2. The van der Waals surface area contributed by atoms with Crippen LogP contribution in [0.2, 0.25) is 10.0 Å². The third-order valence-electron chi connectivity index (χ3n) is 3.16. The Hall–Kier alpha value is -1.68. The van der Waals surface area contributed by atoms with Crippen LogP contribution < -0.4 is 0 Å². The Balaban J connectivity index is 2.56. The number of rotatable bonds is 4. The van der Waals surface area contributed by atoms with E-state index in [1.54, 1.807) is 6.92 Å². The molecule has 0 aliphatic carbocycles. The summed E-state index contributed by atoms with van der Waals surface area (Å²) in [7, 11) is 0. The SMILES string of the molecule is CCOCn1c(C#N)c(Cl)c(Cl)c1-c1ccc(C(F)(F)F)cc1. The number of aromatic nitrogens is 1. The largest absolute Gasteiger partial charge is 0.416 e. The van der Waals surface area contributed by atoms with E-state index in [-0.39, 0.29) is 22.5 Å². The molecule has 0 amide bonds. The first-order valence-electron chi connectivity index (χ1n) is 6.54. The molecule has 3 nitrogen and oxygen atoms in total. The van der Waals surface area contributed by atoms with Crippen LogP contribution in [0.25, 0.3) is 11.3 Å². The van der Waals surface area contributed by atoms with E-state index in [2.05, 4.69) is 0 Å². The molecule has 1 aromatic heterocycles. The minimum Gasteiger partial charge on any atom is -0.361 e. The maximum absolute atomic E-state index is 12.7. The van der Waals surface area contributed by atoms with Crippen molar-refractivity contribution in [2.45, 2.75) is 19.8 Å². The lowest BCUT2D eigenvalue weighted by Crippen LogP contribution is -2.07. The highest BCUT2D eigenvalue weighted by Crippen LogP contribution is 2.39. The van der Waals surface area contributed by atoms with Crippen LogP contribution in [0.3, 0.4) is 0 Å². The third kappa shape index (κ3) is 3.47. The Labute approximate surface area is 140 Å². The average molecular weight is 363 g/mol. The van der Waals surface area contributed by atoms with Gasteiger partial charge in [-0.05, 0) is 24.6 Å². The lowest BCUT2D eigenvalue weighted by molar-refractivity contribution is -0.137. The molecule has 0 bridgehead atoms. The third-order valence-corrected chi connectivity index (χ3v) is 4.00. The van der Waals surface area contributed by atoms with Gasteiger partial charge in [-0.1, -0.05) is 35.3 Å². The summed E-state index contributed by atoms with van der Waals surface area (Å²) in [5.74, 6) is 0. The van der Waals surface area contributed by atoms with E-state index in [1.807, 2.05) is 6.07 Å². The molecule has 0 spiro atoms. The zero-order chi connectivity index (χ0) is 17.2. The Kier molecular flexibility index (Phi) is 5.25. The second kappa shape index (κ2) is 6.83. The van der Waals surface area contributed by atoms with Crippen molar-refractivity contribution < 1.29 is 17.9 Å². The normalized spacial score (nSPS) is 11.5. The molecule has 0 atom stereocenters. The van der Waals surface area contributed by atoms with Gasteiger partial charge in [-0.15, -0.1) is 0 Å². The molecular formula is C15H11Cl2F3N2O. The first kappa shape index (κ1) is 17.7. The zero-order valence-corrected chi connectivity index (χ0v) is 13.4. The summed E-state index contributed by atoms with van der Waals surface area (Å²) in [5.41, 5.74) is 0.0772. The van der Waals surface area contributed by atoms with Crippen molar-refractivity contribution in [2.24, 2.45) is 0 Å². The van der Waals surface area contributed by atoms with Gasteiger partial charge in [0.1, 0.15) is 18.5 Å². The molecule has 0 saturated heterocycles. The monoisotopic (exact) mass is 362 g/mol. The Bertz CT molecular complexity index is 746. The lowest BCUT2D eigenvalue weighted by Gasteiger charge is -2.12.